The van der Waals surface area contributed by atoms with E-state index < -0.39 is 0 Å². The highest BCUT2D eigenvalue weighted by Gasteiger charge is 2.24. The van der Waals surface area contributed by atoms with Gasteiger partial charge in [-0.05, 0) is 48.8 Å². The first-order valence-electron chi connectivity index (χ1n) is 12.1. The lowest BCUT2D eigenvalue weighted by molar-refractivity contribution is -0.123. The van der Waals surface area contributed by atoms with Crippen molar-refractivity contribution in [2.75, 3.05) is 44.7 Å². The summed E-state index contributed by atoms with van der Waals surface area (Å²) in [7, 11) is 1.97. The second-order valence-corrected chi connectivity index (χ2v) is 9.07. The van der Waals surface area contributed by atoms with Gasteiger partial charge in [-0.25, -0.2) is 4.98 Å². The highest BCUT2D eigenvalue weighted by molar-refractivity contribution is 5.95. The summed E-state index contributed by atoms with van der Waals surface area (Å²) in [6.07, 6.45) is 3.38. The fourth-order valence-corrected chi connectivity index (χ4v) is 4.64. The van der Waals surface area contributed by atoms with Crippen LogP contribution in [0, 0.1) is 0 Å². The van der Waals surface area contributed by atoms with Crippen molar-refractivity contribution >= 4 is 23.5 Å². The molecule has 0 bridgehead atoms. The standard InChI is InChI=1S/C26H33N5O3/c1-30-17-13-21-8-10-22(29-25(21)30)26(34)31-16-5-14-27-23(32)11-9-20(12-15-28-24(33)18-31)19-6-3-2-4-7-19/h2-4,6-8,10,20H,5,9,11-18H2,1H3,(H,27,32)(H,28,33). The van der Waals surface area contributed by atoms with Crippen molar-refractivity contribution in [2.24, 2.45) is 0 Å². The van der Waals surface area contributed by atoms with Gasteiger partial charge in [-0.3, -0.25) is 14.4 Å². The molecule has 1 aromatic heterocycles. The van der Waals surface area contributed by atoms with Gasteiger partial charge < -0.3 is 20.4 Å². The molecule has 4 rings (SSSR count). The maximum absolute atomic E-state index is 13.3. The minimum Gasteiger partial charge on any atom is -0.359 e. The van der Waals surface area contributed by atoms with Gasteiger partial charge in [0.1, 0.15) is 11.5 Å². The Morgan fingerprint density at radius 3 is 2.56 bits per heavy atom. The third-order valence-electron chi connectivity index (χ3n) is 6.61. The van der Waals surface area contributed by atoms with Gasteiger partial charge in [0.2, 0.25) is 11.8 Å². The first-order chi connectivity index (χ1) is 16.5. The highest BCUT2D eigenvalue weighted by atomic mass is 16.2. The van der Waals surface area contributed by atoms with E-state index in [0.717, 1.165) is 37.2 Å². The summed E-state index contributed by atoms with van der Waals surface area (Å²) < 4.78 is 0. The van der Waals surface area contributed by atoms with Crippen molar-refractivity contribution < 1.29 is 14.4 Å². The molecular formula is C26H33N5O3. The summed E-state index contributed by atoms with van der Waals surface area (Å²) >= 11 is 0. The summed E-state index contributed by atoms with van der Waals surface area (Å²) in [6.45, 7) is 2.17. The number of rotatable bonds is 2. The van der Waals surface area contributed by atoms with Crippen LogP contribution in [0.15, 0.2) is 42.5 Å². The predicted octanol–water partition coefficient (Wildman–Crippen LogP) is 2.11. The molecular weight excluding hydrogens is 430 g/mol. The first kappa shape index (κ1) is 23.7. The number of anilines is 1. The number of pyridine rings is 1. The van der Waals surface area contributed by atoms with Crippen LogP contribution in [-0.4, -0.2) is 67.4 Å². The van der Waals surface area contributed by atoms with Crippen LogP contribution in [0.25, 0.3) is 0 Å². The number of nitrogens with zero attached hydrogens (tertiary/aromatic N) is 3. The lowest BCUT2D eigenvalue weighted by Gasteiger charge is -2.24. The summed E-state index contributed by atoms with van der Waals surface area (Å²) in [5, 5.41) is 5.93. The Morgan fingerprint density at radius 1 is 0.941 bits per heavy atom. The number of amides is 3. The SMILES string of the molecule is CN1CCc2ccc(C(=O)N3CCCNC(=O)CCC(c4ccccc4)CCNC(=O)C3)nc21. The average molecular weight is 464 g/mol. The van der Waals surface area contributed by atoms with Crippen LogP contribution in [0.5, 0.6) is 0 Å². The third-order valence-corrected chi connectivity index (χ3v) is 6.61. The minimum absolute atomic E-state index is 0.0169. The van der Waals surface area contributed by atoms with Crippen molar-refractivity contribution in [1.82, 2.24) is 20.5 Å². The second-order valence-electron chi connectivity index (χ2n) is 9.07. The molecule has 1 saturated heterocycles. The van der Waals surface area contributed by atoms with E-state index in [-0.39, 0.29) is 30.2 Å². The summed E-state index contributed by atoms with van der Waals surface area (Å²) in [5.74, 6) is 0.582. The molecule has 2 aromatic rings. The molecule has 2 aliphatic heterocycles. The number of fused-ring (bicyclic) bond motifs is 1. The molecule has 0 saturated carbocycles. The molecule has 1 fully saturated rings. The van der Waals surface area contributed by atoms with Crippen molar-refractivity contribution in [3.8, 4) is 0 Å². The fourth-order valence-electron chi connectivity index (χ4n) is 4.64. The first-order valence-corrected chi connectivity index (χ1v) is 12.1. The summed E-state index contributed by atoms with van der Waals surface area (Å²) in [6, 6.07) is 13.8. The summed E-state index contributed by atoms with van der Waals surface area (Å²) in [5.41, 5.74) is 2.64. The molecule has 8 heteroatoms. The van der Waals surface area contributed by atoms with Gasteiger partial charge in [-0.2, -0.15) is 0 Å². The Hall–Kier alpha value is -3.42. The Bertz CT molecular complexity index is 1030. The highest BCUT2D eigenvalue weighted by Crippen LogP contribution is 2.25. The van der Waals surface area contributed by atoms with E-state index in [2.05, 4.69) is 27.8 Å². The van der Waals surface area contributed by atoms with Gasteiger partial charge in [0, 0.05) is 39.6 Å². The van der Waals surface area contributed by atoms with Gasteiger partial charge in [0.05, 0.1) is 6.54 Å². The number of hydrogen-bond acceptors (Lipinski definition) is 5. The van der Waals surface area contributed by atoms with Crippen molar-refractivity contribution in [3.05, 3.63) is 59.3 Å². The largest absolute Gasteiger partial charge is 0.359 e. The Kier molecular flexibility index (Phi) is 7.77. The zero-order valence-corrected chi connectivity index (χ0v) is 19.8. The molecule has 3 amide bonds. The van der Waals surface area contributed by atoms with E-state index in [1.807, 2.05) is 36.2 Å². The molecule has 0 spiro atoms. The lowest BCUT2D eigenvalue weighted by Crippen LogP contribution is -2.43. The Labute approximate surface area is 200 Å². The maximum Gasteiger partial charge on any atom is 0.273 e. The Balaban J connectivity index is 1.45. The van der Waals surface area contributed by atoms with Gasteiger partial charge in [0.15, 0.2) is 0 Å². The van der Waals surface area contributed by atoms with Crippen molar-refractivity contribution in [3.63, 3.8) is 0 Å². The van der Waals surface area contributed by atoms with E-state index in [0.29, 0.717) is 38.2 Å². The van der Waals surface area contributed by atoms with Crippen molar-refractivity contribution in [1.29, 1.82) is 0 Å². The molecule has 0 aliphatic carbocycles. The minimum atomic E-state index is -0.265. The average Bonchev–Trinajstić information content (AvgIpc) is 3.22. The van der Waals surface area contributed by atoms with Crippen LogP contribution in [0.4, 0.5) is 5.82 Å². The van der Waals surface area contributed by atoms with E-state index in [1.165, 1.54) is 10.5 Å². The van der Waals surface area contributed by atoms with Crippen LogP contribution in [0.2, 0.25) is 0 Å². The quantitative estimate of drug-likeness (QED) is 0.711. The maximum atomic E-state index is 13.3. The molecule has 1 aromatic carbocycles. The predicted molar refractivity (Wildman–Crippen MR) is 131 cm³/mol. The number of benzene rings is 1. The Morgan fingerprint density at radius 2 is 1.74 bits per heavy atom. The number of carbonyl (C=O) groups excluding carboxylic acids is 3. The number of carbonyl (C=O) groups is 3. The lowest BCUT2D eigenvalue weighted by atomic mass is 9.91. The molecule has 0 radical (unpaired) electrons. The molecule has 3 heterocycles. The molecule has 1 atom stereocenters. The number of likely N-dealkylation sites (N-methyl/N-ethyl adjacent to an activating group) is 1. The molecule has 2 aliphatic rings. The second kappa shape index (κ2) is 11.1. The van der Waals surface area contributed by atoms with E-state index in [9.17, 15) is 14.4 Å². The van der Waals surface area contributed by atoms with Crippen LogP contribution < -0.4 is 15.5 Å². The molecule has 2 N–H and O–H groups in total. The smallest absolute Gasteiger partial charge is 0.273 e. The van der Waals surface area contributed by atoms with Crippen LogP contribution in [0.1, 0.15) is 53.2 Å². The fraction of sp³-hybridized carbons (Fsp3) is 0.462. The van der Waals surface area contributed by atoms with Crippen LogP contribution in [0.3, 0.4) is 0 Å². The molecule has 34 heavy (non-hydrogen) atoms. The van der Waals surface area contributed by atoms with E-state index in [1.54, 1.807) is 6.07 Å². The van der Waals surface area contributed by atoms with Gasteiger partial charge >= 0.3 is 0 Å². The number of nitrogens with one attached hydrogen (secondary N) is 2. The summed E-state index contributed by atoms with van der Waals surface area (Å²) in [4.78, 5) is 46.5. The van der Waals surface area contributed by atoms with Gasteiger partial charge in [0.25, 0.3) is 5.91 Å². The normalized spacial score (nSPS) is 20.2. The van der Waals surface area contributed by atoms with Gasteiger partial charge in [-0.1, -0.05) is 36.4 Å². The van der Waals surface area contributed by atoms with Crippen LogP contribution >= 0.6 is 0 Å². The third kappa shape index (κ3) is 5.92. The van der Waals surface area contributed by atoms with Crippen molar-refractivity contribution in [2.45, 2.75) is 38.0 Å². The van der Waals surface area contributed by atoms with E-state index >= 15 is 0 Å². The zero-order chi connectivity index (χ0) is 23.9. The number of hydrogen-bond donors (Lipinski definition) is 2. The van der Waals surface area contributed by atoms with Crippen LogP contribution in [-0.2, 0) is 16.0 Å². The molecule has 8 nitrogen and oxygen atoms in total. The molecule has 1 unspecified atom stereocenters. The zero-order valence-electron chi connectivity index (χ0n) is 19.8. The molecule has 180 valence electrons. The topological polar surface area (TPSA) is 94.6 Å². The monoisotopic (exact) mass is 463 g/mol. The number of aromatic nitrogens is 1. The van der Waals surface area contributed by atoms with E-state index in [4.69, 9.17) is 0 Å². The van der Waals surface area contributed by atoms with Gasteiger partial charge in [-0.15, -0.1) is 0 Å².